The minimum atomic E-state index is -1.39. The van der Waals surface area contributed by atoms with Crippen LogP contribution in [0.1, 0.15) is 0 Å². The maximum atomic E-state index is 8.94. The molecule has 42 heavy (non-hydrogen) atoms. The van der Waals surface area contributed by atoms with Crippen molar-refractivity contribution in [2.75, 3.05) is 0 Å². The lowest BCUT2D eigenvalue weighted by Crippen LogP contribution is -2.29. The molecule has 6 aromatic carbocycles. The lowest BCUT2D eigenvalue weighted by atomic mass is 9.80. The van der Waals surface area contributed by atoms with Gasteiger partial charge in [-0.3, -0.25) is 0 Å². The van der Waals surface area contributed by atoms with Crippen LogP contribution in [0, 0.1) is 3.57 Å². The maximum Gasteiger partial charge on any atom is 0.488 e. The van der Waals surface area contributed by atoms with Crippen LogP contribution in [0.5, 0.6) is 0 Å². The van der Waals surface area contributed by atoms with Gasteiger partial charge in [0.05, 0.1) is 0 Å². The smallest absolute Gasteiger partial charge is 0.423 e. The first-order chi connectivity index (χ1) is 20.4. The van der Waals surface area contributed by atoms with Gasteiger partial charge in [0.1, 0.15) is 0 Å². The number of hydrogen-bond acceptors (Lipinski definition) is 2. The van der Waals surface area contributed by atoms with E-state index < -0.39 is 7.12 Å². The second-order valence-corrected chi connectivity index (χ2v) is 12.3. The van der Waals surface area contributed by atoms with Crippen molar-refractivity contribution in [1.29, 1.82) is 0 Å². The molecule has 0 fully saturated rings. The van der Waals surface area contributed by atoms with Gasteiger partial charge < -0.3 is 10.0 Å². The highest BCUT2D eigenvalue weighted by Crippen LogP contribution is 2.25. The summed E-state index contributed by atoms with van der Waals surface area (Å²) >= 11 is 9.08. The summed E-state index contributed by atoms with van der Waals surface area (Å²) in [6.07, 6.45) is 0. The fourth-order valence-corrected chi connectivity index (χ4v) is 4.92. The van der Waals surface area contributed by atoms with Gasteiger partial charge in [-0.25, -0.2) is 0 Å². The van der Waals surface area contributed by atoms with Gasteiger partial charge in [-0.15, -0.1) is 0 Å². The molecule has 0 amide bonds. The predicted octanol–water partition coefficient (Wildman–Crippen LogP) is 9.87. The van der Waals surface area contributed by atoms with Gasteiger partial charge in [-0.05, 0) is 97.8 Å². The monoisotopic (exact) mass is 788 g/mol. The van der Waals surface area contributed by atoms with Crippen LogP contribution in [-0.2, 0) is 0 Å². The topological polar surface area (TPSA) is 40.5 Å². The quantitative estimate of drug-likeness (QED) is 0.138. The highest BCUT2D eigenvalue weighted by atomic mass is 127. The standard InChI is InChI=1S/C18H13Br.C12H11BO2.C6H4BrI/c19-18-12-10-17(11-13-18)16-8-6-15(7-9-16)14-4-2-1-3-5-14;14-13(15)12-8-6-11(7-9-12)10-4-2-1-3-5-10;7-5-1-3-6(8)4-2-5/h1-13H;1-9,14-15H;1-4H. The van der Waals surface area contributed by atoms with Gasteiger partial charge >= 0.3 is 7.12 Å². The van der Waals surface area contributed by atoms with E-state index in [2.05, 4.69) is 139 Å². The Morgan fingerprint density at radius 2 is 0.667 bits per heavy atom. The third-order valence-corrected chi connectivity index (χ3v) is 8.07. The molecule has 0 atom stereocenters. The molecule has 6 heteroatoms. The Morgan fingerprint density at radius 3 is 1.00 bits per heavy atom. The highest BCUT2D eigenvalue weighted by Gasteiger charge is 2.09. The summed E-state index contributed by atoms with van der Waals surface area (Å²) in [6, 6.07) is 52.9. The zero-order valence-electron chi connectivity index (χ0n) is 22.6. The number of rotatable bonds is 4. The summed E-state index contributed by atoms with van der Waals surface area (Å²) in [6.45, 7) is 0. The molecule has 0 aliphatic heterocycles. The van der Waals surface area contributed by atoms with E-state index >= 15 is 0 Å². The van der Waals surface area contributed by atoms with Crippen LogP contribution in [0.15, 0.2) is 167 Å². The third-order valence-electron chi connectivity index (χ3n) is 6.29. The van der Waals surface area contributed by atoms with Gasteiger partial charge in [0.15, 0.2) is 0 Å². The van der Waals surface area contributed by atoms with Crippen molar-refractivity contribution in [2.45, 2.75) is 0 Å². The zero-order valence-corrected chi connectivity index (χ0v) is 27.9. The van der Waals surface area contributed by atoms with Crippen LogP contribution in [0.3, 0.4) is 0 Å². The van der Waals surface area contributed by atoms with Crippen molar-refractivity contribution in [3.05, 3.63) is 170 Å². The van der Waals surface area contributed by atoms with Crippen molar-refractivity contribution < 1.29 is 10.0 Å². The van der Waals surface area contributed by atoms with E-state index in [1.165, 1.54) is 25.8 Å². The third kappa shape index (κ3) is 10.1. The second kappa shape index (κ2) is 16.6. The minimum absolute atomic E-state index is 0.509. The van der Waals surface area contributed by atoms with E-state index in [1.807, 2.05) is 60.7 Å². The summed E-state index contributed by atoms with van der Waals surface area (Å²) in [5.74, 6) is 0. The SMILES string of the molecule is Brc1ccc(-c2ccc(-c3ccccc3)cc2)cc1.Brc1ccc(I)cc1.OB(O)c1ccc(-c2ccccc2)cc1. The van der Waals surface area contributed by atoms with E-state index in [9.17, 15) is 0 Å². The summed E-state index contributed by atoms with van der Waals surface area (Å²) in [5.41, 5.74) is 7.69. The van der Waals surface area contributed by atoms with Crippen molar-refractivity contribution in [3.8, 4) is 33.4 Å². The number of halogens is 3. The Bertz CT molecular complexity index is 1610. The molecule has 208 valence electrons. The van der Waals surface area contributed by atoms with Gasteiger partial charge in [-0.2, -0.15) is 0 Å². The molecule has 0 bridgehead atoms. The molecule has 2 nitrogen and oxygen atoms in total. The molecule has 0 aromatic heterocycles. The van der Waals surface area contributed by atoms with Crippen LogP contribution >= 0.6 is 54.5 Å². The molecule has 0 radical (unpaired) electrons. The molecule has 0 saturated heterocycles. The zero-order chi connectivity index (χ0) is 29.7. The second-order valence-electron chi connectivity index (χ2n) is 9.25. The first kappa shape index (κ1) is 31.9. The summed E-state index contributed by atoms with van der Waals surface area (Å²) in [5, 5.41) is 17.9. The Balaban J connectivity index is 0.000000157. The van der Waals surface area contributed by atoms with Crippen LogP contribution in [0.25, 0.3) is 33.4 Å². The molecule has 6 aromatic rings. The molecular formula is C36H28BBr2IO2. The largest absolute Gasteiger partial charge is 0.488 e. The fraction of sp³-hybridized carbons (Fsp3) is 0. The van der Waals surface area contributed by atoms with E-state index in [-0.39, 0.29) is 0 Å². The van der Waals surface area contributed by atoms with Crippen molar-refractivity contribution in [2.24, 2.45) is 0 Å². The first-order valence-corrected chi connectivity index (χ1v) is 15.9. The van der Waals surface area contributed by atoms with Gasteiger partial charge in [0, 0.05) is 12.5 Å². The maximum absolute atomic E-state index is 8.94. The van der Waals surface area contributed by atoms with E-state index in [0.29, 0.717) is 5.46 Å². The molecule has 0 aliphatic carbocycles. The van der Waals surface area contributed by atoms with Crippen molar-refractivity contribution in [3.63, 3.8) is 0 Å². The van der Waals surface area contributed by atoms with Gasteiger partial charge in [0.2, 0.25) is 0 Å². The summed E-state index contributed by atoms with van der Waals surface area (Å²) in [7, 11) is -1.39. The average molecular weight is 790 g/mol. The normalized spacial score (nSPS) is 10.0. The van der Waals surface area contributed by atoms with Gasteiger partial charge in [0.25, 0.3) is 0 Å². The summed E-state index contributed by atoms with van der Waals surface area (Å²) in [4.78, 5) is 0. The molecular weight excluding hydrogens is 762 g/mol. The van der Waals surface area contributed by atoms with Crippen LogP contribution in [0.2, 0.25) is 0 Å². The van der Waals surface area contributed by atoms with E-state index in [4.69, 9.17) is 10.0 Å². The number of benzene rings is 6. The predicted molar refractivity (Wildman–Crippen MR) is 194 cm³/mol. The molecule has 0 heterocycles. The molecule has 0 aliphatic rings. The Labute approximate surface area is 278 Å². The van der Waals surface area contributed by atoms with Crippen LogP contribution in [0.4, 0.5) is 0 Å². The molecule has 0 saturated carbocycles. The lowest BCUT2D eigenvalue weighted by Gasteiger charge is -2.05. The van der Waals surface area contributed by atoms with Crippen molar-refractivity contribution in [1.82, 2.24) is 0 Å². The molecule has 6 rings (SSSR count). The minimum Gasteiger partial charge on any atom is -0.423 e. The Hall–Kier alpha value is -3.01. The highest BCUT2D eigenvalue weighted by molar-refractivity contribution is 14.1. The lowest BCUT2D eigenvalue weighted by molar-refractivity contribution is 0.426. The Morgan fingerprint density at radius 1 is 0.381 bits per heavy atom. The van der Waals surface area contributed by atoms with Crippen LogP contribution < -0.4 is 5.46 Å². The average Bonchev–Trinajstić information content (AvgIpc) is 3.04. The molecule has 2 N–H and O–H groups in total. The summed E-state index contributed by atoms with van der Waals surface area (Å²) < 4.78 is 3.51. The Kier molecular flexibility index (Phi) is 12.6. The van der Waals surface area contributed by atoms with Crippen molar-refractivity contribution >= 4 is 67.0 Å². The first-order valence-electron chi connectivity index (χ1n) is 13.2. The molecule has 0 spiro atoms. The van der Waals surface area contributed by atoms with E-state index in [1.54, 1.807) is 12.1 Å². The fourth-order valence-electron chi connectivity index (χ4n) is 4.04. The van der Waals surface area contributed by atoms with E-state index in [0.717, 1.165) is 20.1 Å². The van der Waals surface area contributed by atoms with Crippen LogP contribution in [-0.4, -0.2) is 17.2 Å². The number of hydrogen-bond donors (Lipinski definition) is 2. The molecule has 0 unspecified atom stereocenters. The van der Waals surface area contributed by atoms with Gasteiger partial charge in [-0.1, -0.05) is 153 Å².